The molecule has 0 bridgehead atoms. The first-order valence-corrected chi connectivity index (χ1v) is 8.54. The van der Waals surface area contributed by atoms with Crippen molar-refractivity contribution in [1.82, 2.24) is 20.2 Å². The summed E-state index contributed by atoms with van der Waals surface area (Å²) in [5, 5.41) is 23.2. The second kappa shape index (κ2) is 7.75. The summed E-state index contributed by atoms with van der Waals surface area (Å²) < 4.78 is 7.25. The molecule has 8 nitrogen and oxygen atoms in total. The van der Waals surface area contributed by atoms with Crippen molar-refractivity contribution in [2.75, 3.05) is 6.61 Å². The lowest BCUT2D eigenvalue weighted by Crippen LogP contribution is -2.03. The predicted molar refractivity (Wildman–Crippen MR) is 93.0 cm³/mol. The number of benzene rings is 2. The average Bonchev–Trinajstić information content (AvgIpc) is 3.09. The van der Waals surface area contributed by atoms with E-state index in [0.717, 1.165) is 11.3 Å². The van der Waals surface area contributed by atoms with E-state index >= 15 is 0 Å². The Balaban J connectivity index is 1.77. The first-order chi connectivity index (χ1) is 12.2. The summed E-state index contributed by atoms with van der Waals surface area (Å²) in [6, 6.07) is 14.0. The van der Waals surface area contributed by atoms with E-state index in [1.807, 2.05) is 31.2 Å². The Morgan fingerprint density at radius 3 is 2.68 bits per heavy atom. The summed E-state index contributed by atoms with van der Waals surface area (Å²) >= 11 is 1.44. The van der Waals surface area contributed by atoms with Crippen LogP contribution in [0.4, 0.5) is 5.69 Å². The summed E-state index contributed by atoms with van der Waals surface area (Å²) in [5.41, 5.74) is 1.79. The Kier molecular flexibility index (Phi) is 5.24. The molecule has 0 saturated heterocycles. The molecule has 0 aliphatic rings. The van der Waals surface area contributed by atoms with Gasteiger partial charge < -0.3 is 4.74 Å². The molecule has 0 aliphatic carbocycles. The molecule has 3 aromatic rings. The molecule has 0 radical (unpaired) electrons. The third-order valence-electron chi connectivity index (χ3n) is 3.35. The number of nitro groups is 1. The van der Waals surface area contributed by atoms with E-state index in [9.17, 15) is 10.1 Å². The maximum atomic E-state index is 10.7. The summed E-state index contributed by atoms with van der Waals surface area (Å²) in [6.07, 6.45) is 0. The third kappa shape index (κ3) is 3.94. The number of hydrogen-bond donors (Lipinski definition) is 0. The van der Waals surface area contributed by atoms with Crippen LogP contribution in [0, 0.1) is 10.1 Å². The molecule has 0 N–H and O–H groups in total. The van der Waals surface area contributed by atoms with Crippen LogP contribution < -0.4 is 4.74 Å². The van der Waals surface area contributed by atoms with Crippen molar-refractivity contribution in [2.45, 2.75) is 17.8 Å². The number of para-hydroxylation sites is 2. The normalized spacial score (nSPS) is 10.6. The van der Waals surface area contributed by atoms with Gasteiger partial charge in [-0.05, 0) is 35.0 Å². The van der Waals surface area contributed by atoms with Crippen molar-refractivity contribution in [3.05, 3.63) is 64.2 Å². The molecule has 3 rings (SSSR count). The largest absolute Gasteiger partial charge is 0.492 e. The highest BCUT2D eigenvalue weighted by atomic mass is 32.2. The maximum Gasteiger partial charge on any atom is 0.269 e. The van der Waals surface area contributed by atoms with Gasteiger partial charge in [0.05, 0.1) is 11.5 Å². The molecule has 1 heterocycles. The van der Waals surface area contributed by atoms with Crippen molar-refractivity contribution >= 4 is 17.4 Å². The Labute approximate surface area is 148 Å². The lowest BCUT2D eigenvalue weighted by atomic mass is 10.2. The van der Waals surface area contributed by atoms with Gasteiger partial charge >= 0.3 is 0 Å². The SMILES string of the molecule is CCOc1ccccc1-n1nnnc1SCc1ccc([N+](=O)[O-])cc1. The molecule has 0 saturated carbocycles. The van der Waals surface area contributed by atoms with Gasteiger partial charge in [0.2, 0.25) is 5.16 Å². The van der Waals surface area contributed by atoms with Crippen molar-refractivity contribution < 1.29 is 9.66 Å². The highest BCUT2D eigenvalue weighted by Crippen LogP contribution is 2.27. The zero-order valence-corrected chi connectivity index (χ0v) is 14.2. The van der Waals surface area contributed by atoms with Crippen molar-refractivity contribution in [3.63, 3.8) is 0 Å². The standard InChI is InChI=1S/C16H15N5O3S/c1-2-24-15-6-4-3-5-14(15)20-16(17-18-19-20)25-11-12-7-9-13(10-8-12)21(22)23/h3-10H,2,11H2,1H3. The van der Waals surface area contributed by atoms with Crippen LogP contribution in [0.25, 0.3) is 5.69 Å². The van der Waals surface area contributed by atoms with Crippen molar-refractivity contribution in [1.29, 1.82) is 0 Å². The van der Waals surface area contributed by atoms with E-state index in [-0.39, 0.29) is 5.69 Å². The number of non-ortho nitro benzene ring substituents is 1. The fourth-order valence-corrected chi connectivity index (χ4v) is 3.03. The van der Waals surface area contributed by atoms with Gasteiger partial charge in [0.25, 0.3) is 5.69 Å². The molecule has 0 fully saturated rings. The number of thioether (sulfide) groups is 1. The van der Waals surface area contributed by atoms with Gasteiger partial charge in [-0.15, -0.1) is 5.10 Å². The van der Waals surface area contributed by atoms with Crippen LogP contribution in [-0.4, -0.2) is 31.7 Å². The fraction of sp³-hybridized carbons (Fsp3) is 0.188. The smallest absolute Gasteiger partial charge is 0.269 e. The molecule has 9 heteroatoms. The Bertz CT molecular complexity index is 866. The van der Waals surface area contributed by atoms with Gasteiger partial charge in [-0.2, -0.15) is 4.68 Å². The molecule has 2 aromatic carbocycles. The summed E-state index contributed by atoms with van der Waals surface area (Å²) in [5.74, 6) is 1.30. The molecular weight excluding hydrogens is 342 g/mol. The van der Waals surface area contributed by atoms with Gasteiger partial charge in [0.1, 0.15) is 11.4 Å². The molecule has 128 valence electrons. The number of rotatable bonds is 7. The van der Waals surface area contributed by atoms with Crippen LogP contribution >= 0.6 is 11.8 Å². The maximum absolute atomic E-state index is 10.7. The predicted octanol–water partition coefficient (Wildman–Crippen LogP) is 3.26. The summed E-state index contributed by atoms with van der Waals surface area (Å²) in [7, 11) is 0. The van der Waals surface area contributed by atoms with Gasteiger partial charge in [0.15, 0.2) is 0 Å². The highest BCUT2D eigenvalue weighted by Gasteiger charge is 2.13. The molecule has 0 aliphatic heterocycles. The number of ether oxygens (including phenoxy) is 1. The topological polar surface area (TPSA) is 96.0 Å². The van der Waals surface area contributed by atoms with E-state index in [1.165, 1.54) is 23.9 Å². The lowest BCUT2D eigenvalue weighted by Gasteiger charge is -2.10. The number of tetrazole rings is 1. The zero-order valence-electron chi connectivity index (χ0n) is 13.4. The minimum absolute atomic E-state index is 0.0734. The Morgan fingerprint density at radius 2 is 1.96 bits per heavy atom. The van der Waals surface area contributed by atoms with Crippen LogP contribution in [0.1, 0.15) is 12.5 Å². The van der Waals surface area contributed by atoms with Crippen molar-refractivity contribution in [3.8, 4) is 11.4 Å². The second-order valence-corrected chi connectivity index (χ2v) is 5.93. The van der Waals surface area contributed by atoms with Gasteiger partial charge in [-0.3, -0.25) is 10.1 Å². The number of nitro benzene ring substituents is 1. The summed E-state index contributed by atoms with van der Waals surface area (Å²) in [4.78, 5) is 10.3. The van der Waals surface area contributed by atoms with Crippen LogP contribution in [0.2, 0.25) is 0 Å². The minimum atomic E-state index is -0.415. The van der Waals surface area contributed by atoms with Gasteiger partial charge in [-0.25, -0.2) is 0 Å². The Morgan fingerprint density at radius 1 is 1.20 bits per heavy atom. The molecule has 0 spiro atoms. The fourth-order valence-electron chi connectivity index (χ4n) is 2.19. The number of aromatic nitrogens is 4. The first-order valence-electron chi connectivity index (χ1n) is 7.55. The molecular formula is C16H15N5O3S. The van der Waals surface area contributed by atoms with Crippen molar-refractivity contribution in [2.24, 2.45) is 0 Å². The molecule has 25 heavy (non-hydrogen) atoms. The van der Waals surface area contributed by atoms with Crippen LogP contribution in [-0.2, 0) is 5.75 Å². The minimum Gasteiger partial charge on any atom is -0.492 e. The quantitative estimate of drug-likeness (QED) is 0.364. The van der Waals surface area contributed by atoms with E-state index in [4.69, 9.17) is 4.74 Å². The zero-order chi connectivity index (χ0) is 17.6. The van der Waals surface area contributed by atoms with Crippen LogP contribution in [0.15, 0.2) is 53.7 Å². The second-order valence-electron chi connectivity index (χ2n) is 4.99. The average molecular weight is 357 g/mol. The van der Waals surface area contributed by atoms with E-state index < -0.39 is 4.92 Å². The van der Waals surface area contributed by atoms with Crippen LogP contribution in [0.5, 0.6) is 5.75 Å². The third-order valence-corrected chi connectivity index (χ3v) is 4.34. The van der Waals surface area contributed by atoms with E-state index in [2.05, 4.69) is 15.5 Å². The molecule has 0 atom stereocenters. The highest BCUT2D eigenvalue weighted by molar-refractivity contribution is 7.98. The Hall–Kier alpha value is -2.94. The van der Waals surface area contributed by atoms with E-state index in [1.54, 1.807) is 16.8 Å². The molecule has 1 aromatic heterocycles. The number of hydrogen-bond acceptors (Lipinski definition) is 7. The monoisotopic (exact) mass is 357 g/mol. The number of nitrogens with zero attached hydrogens (tertiary/aromatic N) is 5. The first kappa shape index (κ1) is 16.9. The van der Waals surface area contributed by atoms with Crippen LogP contribution in [0.3, 0.4) is 0 Å². The van der Waals surface area contributed by atoms with Gasteiger partial charge in [0, 0.05) is 17.9 Å². The summed E-state index contributed by atoms with van der Waals surface area (Å²) in [6.45, 7) is 2.46. The lowest BCUT2D eigenvalue weighted by molar-refractivity contribution is -0.384. The molecule has 0 amide bonds. The van der Waals surface area contributed by atoms with Gasteiger partial charge in [-0.1, -0.05) is 36.0 Å². The molecule has 0 unspecified atom stereocenters. The van der Waals surface area contributed by atoms with E-state index in [0.29, 0.717) is 23.3 Å².